The SMILES string of the molecule is COC(=O)c1cc(S(=O)(=O)Nc2c[nH]cc(Br)c2=O)ccc1O. The van der Waals surface area contributed by atoms with Gasteiger partial charge in [-0.05, 0) is 34.1 Å². The van der Waals surface area contributed by atoms with Crippen LogP contribution in [0.1, 0.15) is 10.4 Å². The van der Waals surface area contributed by atoms with Crippen molar-refractivity contribution in [2.24, 2.45) is 0 Å². The molecule has 3 N–H and O–H groups in total. The number of aromatic hydroxyl groups is 1. The molecule has 122 valence electrons. The molecule has 2 aromatic rings. The average molecular weight is 403 g/mol. The zero-order valence-corrected chi connectivity index (χ0v) is 14.1. The summed E-state index contributed by atoms with van der Waals surface area (Å²) in [5.74, 6) is -1.31. The van der Waals surface area contributed by atoms with Crippen LogP contribution in [0.5, 0.6) is 5.75 Å². The Kier molecular flexibility index (Phi) is 4.76. The van der Waals surface area contributed by atoms with E-state index in [1.165, 1.54) is 12.4 Å². The fourth-order valence-corrected chi connectivity index (χ4v) is 3.12. The van der Waals surface area contributed by atoms with E-state index in [0.29, 0.717) is 0 Å². The highest BCUT2D eigenvalue weighted by Crippen LogP contribution is 2.23. The van der Waals surface area contributed by atoms with Gasteiger partial charge in [0.2, 0.25) is 5.43 Å². The molecule has 1 aromatic heterocycles. The van der Waals surface area contributed by atoms with E-state index < -0.39 is 27.2 Å². The molecule has 0 aliphatic heterocycles. The number of anilines is 1. The second-order valence-corrected chi connectivity index (χ2v) is 6.86. The summed E-state index contributed by atoms with van der Waals surface area (Å²) in [6, 6.07) is 3.10. The molecule has 0 spiro atoms. The van der Waals surface area contributed by atoms with Gasteiger partial charge in [-0.15, -0.1) is 0 Å². The second kappa shape index (κ2) is 6.42. The molecule has 0 unspecified atom stereocenters. The van der Waals surface area contributed by atoms with E-state index in [1.807, 2.05) is 0 Å². The van der Waals surface area contributed by atoms with Crippen LogP contribution in [0.2, 0.25) is 0 Å². The monoisotopic (exact) mass is 402 g/mol. The summed E-state index contributed by atoms with van der Waals surface area (Å²) in [5.41, 5.74) is -1.06. The Morgan fingerprint density at radius 3 is 2.70 bits per heavy atom. The number of hydrogen-bond donors (Lipinski definition) is 3. The molecule has 0 aliphatic rings. The fraction of sp³-hybridized carbons (Fsp3) is 0.0769. The number of rotatable bonds is 4. The first-order valence-corrected chi connectivity index (χ1v) is 8.34. The summed E-state index contributed by atoms with van der Waals surface area (Å²) in [6.45, 7) is 0. The number of carbonyl (C=O) groups excluding carboxylic acids is 1. The number of methoxy groups -OCH3 is 1. The van der Waals surface area contributed by atoms with Crippen molar-refractivity contribution < 1.29 is 23.1 Å². The highest BCUT2D eigenvalue weighted by molar-refractivity contribution is 9.10. The molecule has 2 rings (SSSR count). The van der Waals surface area contributed by atoms with Gasteiger partial charge in [0.05, 0.1) is 16.5 Å². The van der Waals surface area contributed by atoms with Gasteiger partial charge in [-0.3, -0.25) is 9.52 Å². The van der Waals surface area contributed by atoms with Crippen LogP contribution in [0.15, 0.2) is 44.8 Å². The third kappa shape index (κ3) is 3.54. The Hall–Kier alpha value is -2.33. The highest BCUT2D eigenvalue weighted by atomic mass is 79.9. The Labute approximate surface area is 139 Å². The van der Waals surface area contributed by atoms with Crippen molar-refractivity contribution in [3.8, 4) is 5.75 Å². The highest BCUT2D eigenvalue weighted by Gasteiger charge is 2.21. The van der Waals surface area contributed by atoms with Crippen molar-refractivity contribution in [3.63, 3.8) is 0 Å². The first-order chi connectivity index (χ1) is 10.8. The lowest BCUT2D eigenvalue weighted by Gasteiger charge is -2.09. The number of esters is 1. The van der Waals surface area contributed by atoms with Crippen LogP contribution in [0, 0.1) is 0 Å². The van der Waals surface area contributed by atoms with E-state index in [0.717, 1.165) is 25.3 Å². The molecule has 1 heterocycles. The summed E-state index contributed by atoms with van der Waals surface area (Å²) in [5, 5.41) is 9.60. The summed E-state index contributed by atoms with van der Waals surface area (Å²) < 4.78 is 31.4. The van der Waals surface area contributed by atoms with Crippen LogP contribution in [0.4, 0.5) is 5.69 Å². The lowest BCUT2D eigenvalue weighted by Crippen LogP contribution is -2.19. The quantitative estimate of drug-likeness (QED) is 0.664. The van der Waals surface area contributed by atoms with Crippen LogP contribution < -0.4 is 10.2 Å². The largest absolute Gasteiger partial charge is 0.507 e. The van der Waals surface area contributed by atoms with E-state index >= 15 is 0 Å². The molecular formula is C13H11BrN2O6S. The molecule has 0 aliphatic carbocycles. The molecule has 0 atom stereocenters. The maximum Gasteiger partial charge on any atom is 0.341 e. The Bertz CT molecular complexity index is 922. The number of benzene rings is 1. The van der Waals surface area contributed by atoms with Crippen molar-refractivity contribution in [2.75, 3.05) is 11.8 Å². The number of sulfonamides is 1. The maximum atomic E-state index is 12.3. The number of aromatic nitrogens is 1. The predicted molar refractivity (Wildman–Crippen MR) is 85.0 cm³/mol. The Morgan fingerprint density at radius 2 is 2.04 bits per heavy atom. The minimum absolute atomic E-state index is 0.152. The number of pyridine rings is 1. The maximum absolute atomic E-state index is 12.3. The van der Waals surface area contributed by atoms with E-state index in [9.17, 15) is 23.1 Å². The number of phenolic OH excluding ortho intramolecular Hbond substituents is 1. The van der Waals surface area contributed by atoms with Gasteiger partial charge in [0, 0.05) is 12.4 Å². The van der Waals surface area contributed by atoms with Gasteiger partial charge in [-0.25, -0.2) is 13.2 Å². The van der Waals surface area contributed by atoms with Gasteiger partial charge in [0.15, 0.2) is 0 Å². The fourth-order valence-electron chi connectivity index (χ4n) is 1.69. The second-order valence-electron chi connectivity index (χ2n) is 4.32. The van der Waals surface area contributed by atoms with Gasteiger partial charge < -0.3 is 14.8 Å². The molecular weight excluding hydrogens is 392 g/mol. The zero-order chi connectivity index (χ0) is 17.2. The predicted octanol–water partition coefficient (Wildman–Crippen LogP) is 1.43. The van der Waals surface area contributed by atoms with Crippen molar-refractivity contribution in [1.82, 2.24) is 4.98 Å². The smallest absolute Gasteiger partial charge is 0.341 e. The lowest BCUT2D eigenvalue weighted by atomic mass is 10.2. The van der Waals surface area contributed by atoms with Crippen molar-refractivity contribution in [1.29, 1.82) is 0 Å². The van der Waals surface area contributed by atoms with Crippen molar-refractivity contribution in [2.45, 2.75) is 4.90 Å². The number of aromatic amines is 1. The van der Waals surface area contributed by atoms with Crippen LogP contribution in [-0.2, 0) is 14.8 Å². The Balaban J connectivity index is 2.46. The van der Waals surface area contributed by atoms with Gasteiger partial charge in [-0.2, -0.15) is 0 Å². The normalized spacial score (nSPS) is 11.0. The van der Waals surface area contributed by atoms with Crippen LogP contribution in [0.25, 0.3) is 0 Å². The van der Waals surface area contributed by atoms with E-state index in [-0.39, 0.29) is 20.6 Å². The number of ether oxygens (including phenoxy) is 1. The third-order valence-corrected chi connectivity index (χ3v) is 4.78. The molecule has 0 saturated heterocycles. The molecule has 0 fully saturated rings. The molecule has 0 radical (unpaired) electrons. The molecule has 0 bridgehead atoms. The summed E-state index contributed by atoms with van der Waals surface area (Å²) in [7, 11) is -3.04. The first-order valence-electron chi connectivity index (χ1n) is 6.07. The first kappa shape index (κ1) is 17.0. The standard InChI is InChI=1S/C13H11BrN2O6S/c1-22-13(19)8-4-7(2-3-11(8)17)23(20,21)16-10-6-15-5-9(14)12(10)18/h2-6,16-17H,1H3,(H,15,18). The minimum atomic E-state index is -4.14. The molecule has 1 aromatic carbocycles. The van der Waals surface area contributed by atoms with Crippen LogP contribution in [0.3, 0.4) is 0 Å². The third-order valence-electron chi connectivity index (χ3n) is 2.83. The molecule has 0 saturated carbocycles. The van der Waals surface area contributed by atoms with Crippen molar-refractivity contribution in [3.05, 3.63) is 50.9 Å². The van der Waals surface area contributed by atoms with Gasteiger partial charge in [-0.1, -0.05) is 0 Å². The minimum Gasteiger partial charge on any atom is -0.507 e. The van der Waals surface area contributed by atoms with Gasteiger partial charge in [0.1, 0.15) is 17.0 Å². The topological polar surface area (TPSA) is 126 Å². The van der Waals surface area contributed by atoms with E-state index in [1.54, 1.807) is 0 Å². The average Bonchev–Trinajstić information content (AvgIpc) is 2.51. The van der Waals surface area contributed by atoms with E-state index in [4.69, 9.17) is 0 Å². The molecule has 23 heavy (non-hydrogen) atoms. The number of halogens is 1. The van der Waals surface area contributed by atoms with E-state index in [2.05, 4.69) is 30.4 Å². The zero-order valence-electron chi connectivity index (χ0n) is 11.7. The number of phenols is 1. The summed E-state index contributed by atoms with van der Waals surface area (Å²) in [6.07, 6.45) is 2.54. The molecule has 8 nitrogen and oxygen atoms in total. The lowest BCUT2D eigenvalue weighted by molar-refractivity contribution is 0.0597. The van der Waals surface area contributed by atoms with Crippen LogP contribution in [-0.4, -0.2) is 31.6 Å². The number of H-pyrrole nitrogens is 1. The Morgan fingerprint density at radius 1 is 1.35 bits per heavy atom. The number of nitrogens with one attached hydrogen (secondary N) is 2. The number of carbonyl (C=O) groups is 1. The molecule has 10 heteroatoms. The van der Waals surface area contributed by atoms with Gasteiger partial charge >= 0.3 is 5.97 Å². The van der Waals surface area contributed by atoms with Gasteiger partial charge in [0.25, 0.3) is 10.0 Å². The molecule has 0 amide bonds. The van der Waals surface area contributed by atoms with Crippen LogP contribution >= 0.6 is 15.9 Å². The van der Waals surface area contributed by atoms with Crippen molar-refractivity contribution >= 4 is 37.6 Å². The summed E-state index contributed by atoms with van der Waals surface area (Å²) in [4.78, 5) is 25.7. The number of hydrogen-bond acceptors (Lipinski definition) is 6. The summed E-state index contributed by atoms with van der Waals surface area (Å²) >= 11 is 2.99.